The number of aromatic nitrogens is 2. The maximum Gasteiger partial charge on any atom is 0.375 e. The van der Waals surface area contributed by atoms with Crippen LogP contribution in [0, 0.1) is 6.92 Å². The van der Waals surface area contributed by atoms with Crippen LogP contribution in [0.4, 0.5) is 0 Å². The first kappa shape index (κ1) is 17.7. The number of aryl methyl sites for hydroxylation is 1. The van der Waals surface area contributed by atoms with E-state index in [1.165, 1.54) is 0 Å². The molecule has 0 amide bonds. The monoisotopic (exact) mass is 376 g/mol. The maximum absolute atomic E-state index is 12.4. The molecule has 0 aliphatic heterocycles. The van der Waals surface area contributed by atoms with Crippen LogP contribution in [0.3, 0.4) is 0 Å². The normalized spacial score (nSPS) is 12.1. The second-order valence-corrected chi connectivity index (χ2v) is 6.34. The highest BCUT2D eigenvalue weighted by molar-refractivity contribution is 5.89. The van der Waals surface area contributed by atoms with Crippen LogP contribution in [-0.2, 0) is 4.74 Å². The van der Waals surface area contributed by atoms with E-state index in [9.17, 15) is 9.59 Å². The highest BCUT2D eigenvalue weighted by Gasteiger charge is 2.22. The van der Waals surface area contributed by atoms with E-state index in [1.807, 2.05) is 37.3 Å². The largest absolute Gasteiger partial charge is 0.449 e. The van der Waals surface area contributed by atoms with Gasteiger partial charge in [0, 0.05) is 11.6 Å². The average Bonchev–Trinajstić information content (AvgIpc) is 3.19. The molecule has 0 bridgehead atoms. The number of fused-ring (bicyclic) bond motifs is 1. The molecule has 0 spiro atoms. The molecule has 2 heterocycles. The summed E-state index contributed by atoms with van der Waals surface area (Å²) in [5.74, 6) is -0.431. The van der Waals surface area contributed by atoms with Gasteiger partial charge in [-0.15, -0.1) is 0 Å². The Labute approximate surface area is 159 Å². The van der Waals surface area contributed by atoms with Crippen molar-refractivity contribution in [1.82, 2.24) is 10.1 Å². The van der Waals surface area contributed by atoms with Gasteiger partial charge in [0.05, 0.1) is 5.39 Å². The molecule has 7 heteroatoms. The summed E-state index contributed by atoms with van der Waals surface area (Å²) in [7, 11) is 0. The number of benzene rings is 2. The van der Waals surface area contributed by atoms with E-state index in [1.54, 1.807) is 25.1 Å². The zero-order valence-corrected chi connectivity index (χ0v) is 15.2. The van der Waals surface area contributed by atoms with E-state index in [-0.39, 0.29) is 17.1 Å². The molecule has 0 saturated carbocycles. The Morgan fingerprint density at radius 2 is 1.89 bits per heavy atom. The third kappa shape index (κ3) is 3.42. The zero-order valence-electron chi connectivity index (χ0n) is 15.2. The van der Waals surface area contributed by atoms with Crippen molar-refractivity contribution in [2.75, 3.05) is 0 Å². The number of ether oxygens (including phenoxy) is 1. The summed E-state index contributed by atoms with van der Waals surface area (Å²) in [5.41, 5.74) is 1.72. The third-order valence-corrected chi connectivity index (χ3v) is 4.19. The highest BCUT2D eigenvalue weighted by Crippen LogP contribution is 2.22. The topological polar surface area (TPSA) is 95.4 Å². The van der Waals surface area contributed by atoms with Crippen molar-refractivity contribution in [3.63, 3.8) is 0 Å². The van der Waals surface area contributed by atoms with E-state index in [4.69, 9.17) is 13.7 Å². The zero-order chi connectivity index (χ0) is 19.7. The van der Waals surface area contributed by atoms with Gasteiger partial charge in [-0.05, 0) is 26.0 Å². The molecule has 4 rings (SSSR count). The summed E-state index contributed by atoms with van der Waals surface area (Å²) in [6.07, 6.45) is -0.809. The summed E-state index contributed by atoms with van der Waals surface area (Å²) in [5, 5.41) is 4.31. The second-order valence-electron chi connectivity index (χ2n) is 6.34. The predicted molar refractivity (Wildman–Crippen MR) is 101 cm³/mol. The number of nitrogens with zero attached hydrogens (tertiary/aromatic N) is 2. The Morgan fingerprint density at radius 3 is 2.68 bits per heavy atom. The Bertz CT molecular complexity index is 1210. The summed E-state index contributed by atoms with van der Waals surface area (Å²) >= 11 is 0. The number of hydrogen-bond acceptors (Lipinski definition) is 7. The Morgan fingerprint density at radius 1 is 1.11 bits per heavy atom. The minimum atomic E-state index is -0.809. The molecule has 0 radical (unpaired) electrons. The smallest absolute Gasteiger partial charge is 0.375 e. The van der Waals surface area contributed by atoms with Gasteiger partial charge >= 0.3 is 5.97 Å². The molecule has 0 aliphatic carbocycles. The van der Waals surface area contributed by atoms with Crippen LogP contribution in [0.2, 0.25) is 0 Å². The fourth-order valence-corrected chi connectivity index (χ4v) is 2.74. The van der Waals surface area contributed by atoms with Gasteiger partial charge < -0.3 is 13.7 Å². The van der Waals surface area contributed by atoms with E-state index in [2.05, 4.69) is 10.1 Å². The van der Waals surface area contributed by atoms with Crippen LogP contribution in [0.25, 0.3) is 22.4 Å². The third-order valence-electron chi connectivity index (χ3n) is 4.19. The number of carbonyl (C=O) groups is 1. The Balaban J connectivity index is 1.55. The summed E-state index contributed by atoms with van der Waals surface area (Å²) in [4.78, 5) is 28.9. The Kier molecular flexibility index (Phi) is 4.49. The molecule has 1 atom stereocenters. The standard InChI is InChI=1S/C21H16N2O5/c1-12-8-9-17-15(10-12)16(24)11-18(27-17)21(25)26-13(2)20-22-19(23-28-20)14-6-4-3-5-7-14/h3-11,13H,1-2H3/t13-/m1/s1. The average molecular weight is 376 g/mol. The lowest BCUT2D eigenvalue weighted by atomic mass is 10.1. The van der Waals surface area contributed by atoms with Gasteiger partial charge in [-0.2, -0.15) is 4.98 Å². The minimum Gasteiger partial charge on any atom is -0.449 e. The molecule has 2 aromatic carbocycles. The molecular formula is C21H16N2O5. The van der Waals surface area contributed by atoms with Crippen LogP contribution in [0.5, 0.6) is 0 Å². The predicted octanol–water partition coefficient (Wildman–Crippen LogP) is 4.07. The van der Waals surface area contributed by atoms with Gasteiger partial charge in [-0.1, -0.05) is 47.1 Å². The van der Waals surface area contributed by atoms with Gasteiger partial charge in [0.25, 0.3) is 5.89 Å². The van der Waals surface area contributed by atoms with Crippen LogP contribution >= 0.6 is 0 Å². The summed E-state index contributed by atoms with van der Waals surface area (Å²) < 4.78 is 16.1. The van der Waals surface area contributed by atoms with Crippen LogP contribution in [-0.4, -0.2) is 16.1 Å². The first-order valence-electron chi connectivity index (χ1n) is 8.66. The van der Waals surface area contributed by atoms with E-state index in [0.717, 1.165) is 17.2 Å². The summed E-state index contributed by atoms with van der Waals surface area (Å²) in [6.45, 7) is 3.47. The lowest BCUT2D eigenvalue weighted by Crippen LogP contribution is -2.12. The molecule has 4 aromatic rings. The van der Waals surface area contributed by atoms with E-state index in [0.29, 0.717) is 16.8 Å². The van der Waals surface area contributed by atoms with Gasteiger partial charge in [-0.3, -0.25) is 4.79 Å². The highest BCUT2D eigenvalue weighted by atomic mass is 16.6. The van der Waals surface area contributed by atoms with Gasteiger partial charge in [0.1, 0.15) is 5.58 Å². The van der Waals surface area contributed by atoms with Crippen molar-refractivity contribution in [1.29, 1.82) is 0 Å². The van der Waals surface area contributed by atoms with Crippen LogP contribution < -0.4 is 5.43 Å². The number of hydrogen-bond donors (Lipinski definition) is 0. The first-order chi connectivity index (χ1) is 13.5. The van der Waals surface area contributed by atoms with Gasteiger partial charge in [0.2, 0.25) is 11.6 Å². The molecule has 7 nitrogen and oxygen atoms in total. The maximum atomic E-state index is 12.4. The van der Waals surface area contributed by atoms with Crippen LogP contribution in [0.15, 0.2) is 68.3 Å². The molecular weight excluding hydrogens is 360 g/mol. The molecule has 0 saturated heterocycles. The fourth-order valence-electron chi connectivity index (χ4n) is 2.74. The minimum absolute atomic E-state index is 0.144. The first-order valence-corrected chi connectivity index (χ1v) is 8.66. The van der Waals surface area contributed by atoms with Crippen molar-refractivity contribution >= 4 is 16.9 Å². The fraction of sp³-hybridized carbons (Fsp3) is 0.143. The number of carbonyl (C=O) groups excluding carboxylic acids is 1. The van der Waals surface area contributed by atoms with Crippen molar-refractivity contribution in [3.8, 4) is 11.4 Å². The molecule has 0 fully saturated rings. The number of rotatable bonds is 4. The SMILES string of the molecule is Cc1ccc2oc(C(=O)O[C@H](C)c3nc(-c4ccccc4)no3)cc(=O)c2c1. The number of esters is 1. The van der Waals surface area contributed by atoms with Crippen molar-refractivity contribution < 1.29 is 18.5 Å². The van der Waals surface area contributed by atoms with Crippen molar-refractivity contribution in [2.45, 2.75) is 20.0 Å². The van der Waals surface area contributed by atoms with Gasteiger partial charge in [0.15, 0.2) is 11.5 Å². The molecule has 0 unspecified atom stereocenters. The van der Waals surface area contributed by atoms with Crippen molar-refractivity contribution in [2.24, 2.45) is 0 Å². The van der Waals surface area contributed by atoms with Crippen LogP contribution in [0.1, 0.15) is 35.0 Å². The lowest BCUT2D eigenvalue weighted by molar-refractivity contribution is 0.0231. The molecule has 2 aromatic heterocycles. The molecule has 0 N–H and O–H groups in total. The van der Waals surface area contributed by atoms with Gasteiger partial charge in [-0.25, -0.2) is 4.79 Å². The molecule has 0 aliphatic rings. The summed E-state index contributed by atoms with van der Waals surface area (Å²) in [6, 6.07) is 15.6. The van der Waals surface area contributed by atoms with Crippen molar-refractivity contribution in [3.05, 3.63) is 82.0 Å². The molecule has 140 valence electrons. The Hall–Kier alpha value is -3.74. The van der Waals surface area contributed by atoms with E-state index >= 15 is 0 Å². The quantitative estimate of drug-likeness (QED) is 0.495. The lowest BCUT2D eigenvalue weighted by Gasteiger charge is -2.09. The molecule has 28 heavy (non-hydrogen) atoms. The second kappa shape index (κ2) is 7.11. The van der Waals surface area contributed by atoms with E-state index < -0.39 is 12.1 Å².